The van der Waals surface area contributed by atoms with Gasteiger partial charge in [0.2, 0.25) is 0 Å². The molecular weight excluding hydrogens is 256 g/mol. The molecule has 0 radical (unpaired) electrons. The fraction of sp³-hybridized carbons (Fsp3) is 0.400. The van der Waals surface area contributed by atoms with E-state index in [1.54, 1.807) is 25.3 Å². The number of nitro benzene ring substituents is 1. The van der Waals surface area contributed by atoms with Crippen molar-refractivity contribution in [3.05, 3.63) is 46.3 Å². The van der Waals surface area contributed by atoms with Gasteiger partial charge in [-0.2, -0.15) is 0 Å². The van der Waals surface area contributed by atoms with Crippen LogP contribution in [-0.4, -0.2) is 21.1 Å². The number of hydrogen-bond acceptors (Lipinski definition) is 4. The molecule has 5 heteroatoms. The van der Waals surface area contributed by atoms with Gasteiger partial charge in [-0.15, -0.1) is 0 Å². The molecule has 0 aliphatic rings. The predicted octanol–water partition coefficient (Wildman–Crippen LogP) is 3.26. The summed E-state index contributed by atoms with van der Waals surface area (Å²) in [5.41, 5.74) is 0.975. The van der Waals surface area contributed by atoms with Crippen LogP contribution < -0.4 is 0 Å². The summed E-state index contributed by atoms with van der Waals surface area (Å²) in [7, 11) is 0. The van der Waals surface area contributed by atoms with E-state index < -0.39 is 11.0 Å². The number of non-ortho nitro benzene ring substituents is 1. The van der Waals surface area contributed by atoms with E-state index in [0.29, 0.717) is 5.39 Å². The lowest BCUT2D eigenvalue weighted by Crippen LogP contribution is -2.20. The maximum atomic E-state index is 11.1. The van der Waals surface area contributed by atoms with Gasteiger partial charge >= 0.3 is 0 Å². The average Bonchev–Trinajstić information content (AvgIpc) is 2.37. The monoisotopic (exact) mass is 274 g/mol. The highest BCUT2D eigenvalue weighted by Crippen LogP contribution is 2.36. The highest BCUT2D eigenvalue weighted by atomic mass is 16.6. The molecule has 2 rings (SSSR count). The Morgan fingerprint density at radius 2 is 1.90 bits per heavy atom. The first-order chi connectivity index (χ1) is 9.43. The molecule has 1 aromatic carbocycles. The van der Waals surface area contributed by atoms with Crippen molar-refractivity contribution < 1.29 is 10.0 Å². The van der Waals surface area contributed by atoms with Gasteiger partial charge in [0.25, 0.3) is 5.69 Å². The smallest absolute Gasteiger partial charge is 0.278 e. The summed E-state index contributed by atoms with van der Waals surface area (Å²) in [6.45, 7) is 5.82. The topological polar surface area (TPSA) is 76.3 Å². The molecule has 0 aliphatic heterocycles. The van der Waals surface area contributed by atoms with Crippen LogP contribution in [0.1, 0.15) is 32.3 Å². The van der Waals surface area contributed by atoms with Crippen molar-refractivity contribution in [2.24, 2.45) is 5.92 Å². The molecule has 0 amide bonds. The van der Waals surface area contributed by atoms with Crippen molar-refractivity contribution in [2.75, 3.05) is 0 Å². The third-order valence-corrected chi connectivity index (χ3v) is 3.62. The highest BCUT2D eigenvalue weighted by molar-refractivity contribution is 5.93. The van der Waals surface area contributed by atoms with Crippen LogP contribution >= 0.6 is 0 Å². The molecule has 0 spiro atoms. The van der Waals surface area contributed by atoms with Gasteiger partial charge < -0.3 is 5.11 Å². The molecule has 1 heterocycles. The van der Waals surface area contributed by atoms with Crippen LogP contribution in [0.2, 0.25) is 0 Å². The molecule has 5 nitrogen and oxygen atoms in total. The Kier molecular flexibility index (Phi) is 3.99. The van der Waals surface area contributed by atoms with Crippen LogP contribution in [0.15, 0.2) is 30.6 Å². The van der Waals surface area contributed by atoms with Crippen LogP contribution in [0.3, 0.4) is 0 Å². The Labute approximate surface area is 117 Å². The minimum absolute atomic E-state index is 0.0462. The van der Waals surface area contributed by atoms with Crippen molar-refractivity contribution in [1.82, 2.24) is 4.98 Å². The Bertz CT molecular complexity index is 630. The molecule has 0 saturated heterocycles. The molecule has 1 aromatic heterocycles. The summed E-state index contributed by atoms with van der Waals surface area (Å²) >= 11 is 0. The lowest BCUT2D eigenvalue weighted by Gasteiger charge is -2.25. The first kappa shape index (κ1) is 14.4. The molecule has 0 saturated carbocycles. The summed E-state index contributed by atoms with van der Waals surface area (Å²) in [6.07, 6.45) is 2.61. The molecular formula is C15H18N2O3. The molecule has 0 aliphatic carbocycles. The fourth-order valence-corrected chi connectivity index (χ4v) is 2.82. The number of fused-ring (bicyclic) bond motifs is 1. The fourth-order valence-electron chi connectivity index (χ4n) is 2.82. The van der Waals surface area contributed by atoms with Crippen molar-refractivity contribution in [3.63, 3.8) is 0 Å². The van der Waals surface area contributed by atoms with Gasteiger partial charge in [-0.3, -0.25) is 15.1 Å². The zero-order valence-corrected chi connectivity index (χ0v) is 11.8. The number of nitro groups is 1. The number of pyridine rings is 1. The molecule has 0 fully saturated rings. The number of hydrogen-bond donors (Lipinski definition) is 1. The second kappa shape index (κ2) is 5.54. The SMILES string of the molecule is CC(C)C(c1ccc([N+](=O)[O-])c2cnccc12)C(C)O. The lowest BCUT2D eigenvalue weighted by molar-refractivity contribution is -0.383. The van der Waals surface area contributed by atoms with Gasteiger partial charge in [-0.1, -0.05) is 19.9 Å². The molecule has 106 valence electrons. The zero-order valence-electron chi connectivity index (χ0n) is 11.8. The Morgan fingerprint density at radius 3 is 2.45 bits per heavy atom. The highest BCUT2D eigenvalue weighted by Gasteiger charge is 2.25. The molecule has 2 atom stereocenters. The van der Waals surface area contributed by atoms with Crippen molar-refractivity contribution >= 4 is 16.5 Å². The molecule has 1 N–H and O–H groups in total. The van der Waals surface area contributed by atoms with E-state index in [0.717, 1.165) is 10.9 Å². The van der Waals surface area contributed by atoms with Gasteiger partial charge in [0.15, 0.2) is 0 Å². The summed E-state index contributed by atoms with van der Waals surface area (Å²) in [5, 5.41) is 22.4. The minimum Gasteiger partial charge on any atom is -0.393 e. The second-order valence-electron chi connectivity index (χ2n) is 5.36. The van der Waals surface area contributed by atoms with Crippen molar-refractivity contribution in [2.45, 2.75) is 32.8 Å². The number of aliphatic hydroxyl groups is 1. The number of aromatic nitrogens is 1. The van der Waals surface area contributed by atoms with Crippen LogP contribution in [0.5, 0.6) is 0 Å². The Morgan fingerprint density at radius 1 is 1.20 bits per heavy atom. The molecule has 20 heavy (non-hydrogen) atoms. The summed E-state index contributed by atoms with van der Waals surface area (Å²) < 4.78 is 0. The molecule has 2 aromatic rings. The number of aliphatic hydroxyl groups excluding tert-OH is 1. The summed E-state index contributed by atoms with van der Waals surface area (Å²) in [6, 6.07) is 5.02. The van der Waals surface area contributed by atoms with Crippen LogP contribution in [-0.2, 0) is 0 Å². The maximum Gasteiger partial charge on any atom is 0.278 e. The van der Waals surface area contributed by atoms with E-state index in [-0.39, 0.29) is 17.5 Å². The van der Waals surface area contributed by atoms with Crippen LogP contribution in [0.25, 0.3) is 10.8 Å². The number of benzene rings is 1. The van der Waals surface area contributed by atoms with Gasteiger partial charge in [0.05, 0.1) is 16.4 Å². The third-order valence-electron chi connectivity index (χ3n) is 3.62. The predicted molar refractivity (Wildman–Crippen MR) is 77.7 cm³/mol. The summed E-state index contributed by atoms with van der Waals surface area (Å²) in [5.74, 6) is 0.161. The van der Waals surface area contributed by atoms with Gasteiger partial charge in [-0.25, -0.2) is 0 Å². The van der Waals surface area contributed by atoms with Gasteiger partial charge in [0.1, 0.15) is 0 Å². The van der Waals surface area contributed by atoms with E-state index in [1.165, 1.54) is 12.3 Å². The first-order valence-electron chi connectivity index (χ1n) is 6.62. The van der Waals surface area contributed by atoms with Crippen molar-refractivity contribution in [3.8, 4) is 0 Å². The second-order valence-corrected chi connectivity index (χ2v) is 5.36. The lowest BCUT2D eigenvalue weighted by atomic mass is 9.82. The third kappa shape index (κ3) is 2.49. The van der Waals surface area contributed by atoms with Gasteiger partial charge in [0, 0.05) is 24.4 Å². The van der Waals surface area contributed by atoms with Crippen LogP contribution in [0, 0.1) is 16.0 Å². The van der Waals surface area contributed by atoms with E-state index >= 15 is 0 Å². The molecule has 0 bridgehead atoms. The first-order valence-corrected chi connectivity index (χ1v) is 6.62. The van der Waals surface area contributed by atoms with Crippen LogP contribution in [0.4, 0.5) is 5.69 Å². The normalized spacial score (nSPS) is 14.4. The number of nitrogens with zero attached hydrogens (tertiary/aromatic N) is 2. The van der Waals surface area contributed by atoms with E-state index in [1.807, 2.05) is 13.8 Å². The Balaban J connectivity index is 2.73. The van der Waals surface area contributed by atoms with E-state index in [4.69, 9.17) is 0 Å². The quantitative estimate of drug-likeness (QED) is 0.685. The van der Waals surface area contributed by atoms with E-state index in [2.05, 4.69) is 4.98 Å². The Hall–Kier alpha value is -2.01. The van der Waals surface area contributed by atoms with Gasteiger partial charge in [-0.05, 0) is 29.9 Å². The standard InChI is InChI=1S/C15H18N2O3/c1-9(2)15(10(3)18)12-4-5-14(17(19)20)13-8-16-7-6-11(12)13/h4-10,15,18H,1-3H3. The zero-order chi connectivity index (χ0) is 14.9. The average molecular weight is 274 g/mol. The largest absolute Gasteiger partial charge is 0.393 e. The number of rotatable bonds is 4. The van der Waals surface area contributed by atoms with E-state index in [9.17, 15) is 15.2 Å². The van der Waals surface area contributed by atoms with Crippen molar-refractivity contribution in [1.29, 1.82) is 0 Å². The summed E-state index contributed by atoms with van der Waals surface area (Å²) in [4.78, 5) is 14.7. The molecule has 2 unspecified atom stereocenters. The minimum atomic E-state index is -0.521. The maximum absolute atomic E-state index is 11.1.